The van der Waals surface area contributed by atoms with Gasteiger partial charge in [-0.25, -0.2) is 12.8 Å². The van der Waals surface area contributed by atoms with E-state index in [-0.39, 0.29) is 29.3 Å². The lowest BCUT2D eigenvalue weighted by Gasteiger charge is -2.37. The largest absolute Gasteiger partial charge is 0.335 e. The van der Waals surface area contributed by atoms with Gasteiger partial charge in [-0.1, -0.05) is 11.6 Å². The number of thiophene rings is 1. The molecule has 0 aliphatic carbocycles. The molecule has 0 saturated carbocycles. The lowest BCUT2D eigenvalue weighted by molar-refractivity contribution is 0.0592. The molecule has 0 bridgehead atoms. The summed E-state index contributed by atoms with van der Waals surface area (Å²) in [4.78, 5) is 17.2. The van der Waals surface area contributed by atoms with Crippen LogP contribution in [0.3, 0.4) is 0 Å². The Balaban J connectivity index is 1.46. The Bertz CT molecular complexity index is 968. The Kier molecular flexibility index (Phi) is 4.71. The summed E-state index contributed by atoms with van der Waals surface area (Å²) in [5.74, 6) is -0.0239. The smallest absolute Gasteiger partial charge is 0.265 e. The van der Waals surface area contributed by atoms with Crippen LogP contribution >= 0.6 is 22.9 Å². The lowest BCUT2D eigenvalue weighted by atomic mass is 10.2. The molecule has 5 nitrogen and oxygen atoms in total. The molecule has 2 aliphatic heterocycles. The van der Waals surface area contributed by atoms with Gasteiger partial charge >= 0.3 is 0 Å². The maximum atomic E-state index is 13.4. The van der Waals surface area contributed by atoms with Crippen LogP contribution in [0.25, 0.3) is 10.1 Å². The predicted octanol–water partition coefficient (Wildman–Crippen LogP) is 2.64. The fraction of sp³-hybridized carbons (Fsp3) is 0.471. The summed E-state index contributed by atoms with van der Waals surface area (Å²) >= 11 is 7.56. The molecule has 4 rings (SSSR count). The van der Waals surface area contributed by atoms with Crippen LogP contribution in [0.15, 0.2) is 18.2 Å². The number of nitrogens with zero attached hydrogens (tertiary/aromatic N) is 2. The molecule has 1 atom stereocenters. The number of carbonyl (C=O) groups excluding carboxylic acids is 1. The van der Waals surface area contributed by atoms with Gasteiger partial charge in [-0.2, -0.15) is 0 Å². The Labute approximate surface area is 160 Å². The Morgan fingerprint density at radius 2 is 1.96 bits per heavy atom. The molecule has 1 aromatic carbocycles. The Morgan fingerprint density at radius 3 is 2.62 bits per heavy atom. The van der Waals surface area contributed by atoms with E-state index >= 15 is 0 Å². The van der Waals surface area contributed by atoms with E-state index in [0.717, 1.165) is 0 Å². The zero-order chi connectivity index (χ0) is 18.5. The number of hydrogen-bond donors (Lipinski definition) is 0. The van der Waals surface area contributed by atoms with Gasteiger partial charge in [0.1, 0.15) is 10.7 Å². The van der Waals surface area contributed by atoms with Crippen molar-refractivity contribution in [2.24, 2.45) is 0 Å². The van der Waals surface area contributed by atoms with Gasteiger partial charge in [-0.05, 0) is 24.6 Å². The van der Waals surface area contributed by atoms with Gasteiger partial charge in [0.15, 0.2) is 9.84 Å². The zero-order valence-corrected chi connectivity index (χ0v) is 16.3. The average Bonchev–Trinajstić information content (AvgIpc) is 3.14. The highest BCUT2D eigenvalue weighted by Gasteiger charge is 2.35. The third-order valence-electron chi connectivity index (χ3n) is 5.11. The maximum absolute atomic E-state index is 13.4. The zero-order valence-electron chi connectivity index (χ0n) is 14.0. The summed E-state index contributed by atoms with van der Waals surface area (Å²) in [6.07, 6.45) is 0.671. The Hall–Kier alpha value is -1.22. The molecule has 2 aliphatic rings. The van der Waals surface area contributed by atoms with Gasteiger partial charge < -0.3 is 4.90 Å². The van der Waals surface area contributed by atoms with Gasteiger partial charge in [0.25, 0.3) is 5.91 Å². The van der Waals surface area contributed by atoms with Crippen molar-refractivity contribution in [2.75, 3.05) is 37.7 Å². The van der Waals surface area contributed by atoms with Crippen molar-refractivity contribution in [1.29, 1.82) is 0 Å². The molecule has 2 saturated heterocycles. The number of carbonyl (C=O) groups is 1. The van der Waals surface area contributed by atoms with Gasteiger partial charge in [-0.15, -0.1) is 11.3 Å². The minimum absolute atomic E-state index is 0.0631. The summed E-state index contributed by atoms with van der Waals surface area (Å²) < 4.78 is 37.4. The second kappa shape index (κ2) is 6.74. The molecule has 3 heterocycles. The topological polar surface area (TPSA) is 57.7 Å². The number of sulfone groups is 1. The molecule has 1 amide bonds. The van der Waals surface area contributed by atoms with Crippen molar-refractivity contribution in [3.8, 4) is 0 Å². The van der Waals surface area contributed by atoms with Crippen LogP contribution in [0.1, 0.15) is 16.1 Å². The van der Waals surface area contributed by atoms with E-state index in [2.05, 4.69) is 4.90 Å². The standard InChI is InChI=1S/C17H18ClFN2O3S2/c18-15-13-2-1-11(19)9-14(13)25-16(15)17(22)21-6-4-20(5-7-21)12-3-8-26(23,24)10-12/h1-2,9,12H,3-8,10H2. The van der Waals surface area contributed by atoms with Crippen LogP contribution in [0.5, 0.6) is 0 Å². The van der Waals surface area contributed by atoms with E-state index in [4.69, 9.17) is 11.6 Å². The normalized spacial score (nSPS) is 23.6. The predicted molar refractivity (Wildman–Crippen MR) is 101 cm³/mol. The van der Waals surface area contributed by atoms with E-state index in [1.165, 1.54) is 23.5 Å². The quantitative estimate of drug-likeness (QED) is 0.755. The minimum atomic E-state index is -2.91. The van der Waals surface area contributed by atoms with E-state index in [0.29, 0.717) is 52.6 Å². The lowest BCUT2D eigenvalue weighted by Crippen LogP contribution is -2.52. The number of amides is 1. The second-order valence-electron chi connectivity index (χ2n) is 6.77. The van der Waals surface area contributed by atoms with Crippen LogP contribution in [-0.4, -0.2) is 67.9 Å². The van der Waals surface area contributed by atoms with E-state index in [1.807, 2.05) is 0 Å². The molecular formula is C17H18ClFN2O3S2. The highest BCUT2D eigenvalue weighted by atomic mass is 35.5. The molecule has 0 radical (unpaired) electrons. The van der Waals surface area contributed by atoms with Crippen molar-refractivity contribution in [3.05, 3.63) is 33.9 Å². The molecule has 140 valence electrons. The van der Waals surface area contributed by atoms with Crippen LogP contribution in [0.2, 0.25) is 5.02 Å². The molecule has 2 aromatic rings. The number of halogens is 2. The first kappa shape index (κ1) is 18.2. The summed E-state index contributed by atoms with van der Waals surface area (Å²) in [5, 5.41) is 1.07. The third kappa shape index (κ3) is 3.35. The summed E-state index contributed by atoms with van der Waals surface area (Å²) in [7, 11) is -2.91. The number of rotatable bonds is 2. The van der Waals surface area contributed by atoms with E-state index in [9.17, 15) is 17.6 Å². The highest BCUT2D eigenvalue weighted by molar-refractivity contribution is 7.91. The van der Waals surface area contributed by atoms with Crippen molar-refractivity contribution >= 4 is 48.8 Å². The third-order valence-corrected chi connectivity index (χ3v) is 8.51. The van der Waals surface area contributed by atoms with Crippen LogP contribution in [0.4, 0.5) is 4.39 Å². The molecule has 1 aromatic heterocycles. The van der Waals surface area contributed by atoms with Crippen molar-refractivity contribution in [2.45, 2.75) is 12.5 Å². The van der Waals surface area contributed by atoms with Crippen LogP contribution < -0.4 is 0 Å². The van der Waals surface area contributed by atoms with Crippen LogP contribution in [0, 0.1) is 5.82 Å². The van der Waals surface area contributed by atoms with Crippen LogP contribution in [-0.2, 0) is 9.84 Å². The molecule has 2 fully saturated rings. The molecule has 0 N–H and O–H groups in total. The van der Waals surface area contributed by atoms with Crippen molar-refractivity contribution in [3.63, 3.8) is 0 Å². The average molecular weight is 417 g/mol. The maximum Gasteiger partial charge on any atom is 0.265 e. The number of hydrogen-bond acceptors (Lipinski definition) is 5. The number of fused-ring (bicyclic) bond motifs is 1. The summed E-state index contributed by atoms with van der Waals surface area (Å²) in [6, 6.07) is 4.39. The molecular weight excluding hydrogens is 399 g/mol. The molecule has 1 unspecified atom stereocenters. The first-order chi connectivity index (χ1) is 12.3. The van der Waals surface area contributed by atoms with Crippen molar-refractivity contribution < 1.29 is 17.6 Å². The second-order valence-corrected chi connectivity index (χ2v) is 10.4. The number of piperazine rings is 1. The highest BCUT2D eigenvalue weighted by Crippen LogP contribution is 2.36. The fourth-order valence-corrected chi connectivity index (χ4v) is 6.94. The van der Waals surface area contributed by atoms with E-state index in [1.54, 1.807) is 11.0 Å². The fourth-order valence-electron chi connectivity index (χ4n) is 3.67. The number of benzene rings is 1. The molecule has 9 heteroatoms. The summed E-state index contributed by atoms with van der Waals surface area (Å²) in [5.41, 5.74) is 0. The van der Waals surface area contributed by atoms with Gasteiger partial charge in [0, 0.05) is 42.3 Å². The van der Waals surface area contributed by atoms with Crippen molar-refractivity contribution in [1.82, 2.24) is 9.80 Å². The first-order valence-corrected chi connectivity index (χ1v) is 11.5. The van der Waals surface area contributed by atoms with Gasteiger partial charge in [-0.3, -0.25) is 9.69 Å². The Morgan fingerprint density at radius 1 is 1.23 bits per heavy atom. The van der Waals surface area contributed by atoms with Gasteiger partial charge in [0.2, 0.25) is 0 Å². The SMILES string of the molecule is O=C(c1sc2cc(F)ccc2c1Cl)N1CCN(C2CCS(=O)(=O)C2)CC1. The molecule has 26 heavy (non-hydrogen) atoms. The van der Waals surface area contributed by atoms with Gasteiger partial charge in [0.05, 0.1) is 16.5 Å². The monoisotopic (exact) mass is 416 g/mol. The first-order valence-electron chi connectivity index (χ1n) is 8.45. The van der Waals surface area contributed by atoms with E-state index < -0.39 is 9.84 Å². The summed E-state index contributed by atoms with van der Waals surface area (Å²) in [6.45, 7) is 2.38. The molecule has 0 spiro atoms. The minimum Gasteiger partial charge on any atom is -0.335 e.